The third-order valence-corrected chi connectivity index (χ3v) is 4.20. The zero-order valence-corrected chi connectivity index (χ0v) is 11.1. The molecule has 0 atom stereocenters. The lowest BCUT2D eigenvalue weighted by atomic mass is 9.82. The van der Waals surface area contributed by atoms with Crippen molar-refractivity contribution in [3.63, 3.8) is 0 Å². The number of urea groups is 1. The van der Waals surface area contributed by atoms with Crippen molar-refractivity contribution in [2.45, 2.75) is 32.2 Å². The van der Waals surface area contributed by atoms with E-state index < -0.39 is 17.4 Å². The lowest BCUT2D eigenvalue weighted by Gasteiger charge is -2.36. The van der Waals surface area contributed by atoms with Gasteiger partial charge in [-0.2, -0.15) is 0 Å². The molecule has 1 saturated heterocycles. The van der Waals surface area contributed by atoms with Crippen molar-refractivity contribution in [3.8, 4) is 0 Å². The van der Waals surface area contributed by atoms with Crippen LogP contribution in [0.15, 0.2) is 30.3 Å². The summed E-state index contributed by atoms with van der Waals surface area (Å²) in [5, 5.41) is 2.34. The quantitative estimate of drug-likeness (QED) is 0.835. The predicted octanol–water partition coefficient (Wildman–Crippen LogP) is 1.83. The minimum atomic E-state index is -1.01. The number of amides is 4. The van der Waals surface area contributed by atoms with E-state index in [0.717, 1.165) is 18.4 Å². The Morgan fingerprint density at radius 3 is 2.35 bits per heavy atom. The number of nitrogens with zero attached hydrogens (tertiary/aromatic N) is 1. The number of hydrogen-bond donors (Lipinski definition) is 1. The summed E-state index contributed by atoms with van der Waals surface area (Å²) in [5.74, 6) is -0.762. The fourth-order valence-corrected chi connectivity index (χ4v) is 3.06. The summed E-state index contributed by atoms with van der Waals surface area (Å²) >= 11 is 0. The highest BCUT2D eigenvalue weighted by Gasteiger charge is 2.54. The summed E-state index contributed by atoms with van der Waals surface area (Å²) in [6, 6.07) is 8.71. The molecule has 4 amide bonds. The van der Waals surface area contributed by atoms with Gasteiger partial charge >= 0.3 is 6.03 Å². The van der Waals surface area contributed by atoms with E-state index in [1.807, 2.05) is 30.3 Å². The highest BCUT2D eigenvalue weighted by molar-refractivity contribution is 6.19. The lowest BCUT2D eigenvalue weighted by molar-refractivity contribution is -0.151. The van der Waals surface area contributed by atoms with Crippen LogP contribution >= 0.6 is 0 Å². The summed E-state index contributed by atoms with van der Waals surface area (Å²) < 4.78 is 0. The number of rotatable bonds is 2. The molecule has 1 spiro atoms. The van der Waals surface area contributed by atoms with Gasteiger partial charge in [0, 0.05) is 0 Å². The Kier molecular flexibility index (Phi) is 3.04. The zero-order chi connectivity index (χ0) is 14.2. The number of benzene rings is 1. The molecule has 2 fully saturated rings. The Hall–Kier alpha value is -2.17. The summed E-state index contributed by atoms with van der Waals surface area (Å²) in [4.78, 5) is 37.8. The fraction of sp³-hybridized carbons (Fsp3) is 0.400. The van der Waals surface area contributed by atoms with Gasteiger partial charge in [0.25, 0.3) is 0 Å². The highest BCUT2D eigenvalue weighted by atomic mass is 16.2. The smallest absolute Gasteiger partial charge is 0.277 e. The van der Waals surface area contributed by atoms with E-state index in [4.69, 9.17) is 0 Å². The van der Waals surface area contributed by atoms with Crippen molar-refractivity contribution < 1.29 is 14.4 Å². The maximum atomic E-state index is 12.6. The van der Waals surface area contributed by atoms with Crippen LogP contribution < -0.4 is 5.32 Å². The van der Waals surface area contributed by atoms with Gasteiger partial charge in [-0.15, -0.1) is 0 Å². The molecule has 1 saturated carbocycles. The molecule has 1 aliphatic heterocycles. The van der Waals surface area contributed by atoms with Crippen LogP contribution in [0.2, 0.25) is 0 Å². The van der Waals surface area contributed by atoms with Crippen LogP contribution in [-0.2, 0) is 16.1 Å². The molecule has 1 aromatic rings. The summed E-state index contributed by atoms with van der Waals surface area (Å²) in [7, 11) is 0. The Bertz CT molecular complexity index is 562. The number of carbonyl (C=O) groups excluding carboxylic acids is 3. The molecule has 2 aliphatic rings. The first-order chi connectivity index (χ1) is 9.63. The molecule has 0 bridgehead atoms. The molecule has 104 valence electrons. The zero-order valence-electron chi connectivity index (χ0n) is 11.1. The standard InChI is InChI=1S/C15H16N2O3/c18-12-15(8-4-5-9-15)13(19)17(14(20)16-12)10-11-6-2-1-3-7-11/h1-3,6-7H,4-5,8-10H2,(H,16,18,20). The second kappa shape index (κ2) is 4.74. The highest BCUT2D eigenvalue weighted by Crippen LogP contribution is 2.42. The first-order valence-corrected chi connectivity index (χ1v) is 6.85. The third kappa shape index (κ3) is 1.90. The molecule has 5 nitrogen and oxygen atoms in total. The molecule has 20 heavy (non-hydrogen) atoms. The number of barbiturate groups is 1. The van der Waals surface area contributed by atoms with Crippen LogP contribution in [0, 0.1) is 5.41 Å². The molecular weight excluding hydrogens is 256 g/mol. The van der Waals surface area contributed by atoms with E-state index >= 15 is 0 Å². The minimum Gasteiger partial charge on any atom is -0.277 e. The predicted molar refractivity (Wildman–Crippen MR) is 71.4 cm³/mol. The maximum absolute atomic E-state index is 12.6. The van der Waals surface area contributed by atoms with Gasteiger partial charge in [-0.25, -0.2) is 4.79 Å². The fourth-order valence-electron chi connectivity index (χ4n) is 3.06. The van der Waals surface area contributed by atoms with Crippen molar-refractivity contribution in [3.05, 3.63) is 35.9 Å². The van der Waals surface area contributed by atoms with Gasteiger partial charge in [0.05, 0.1) is 6.54 Å². The molecule has 0 aromatic heterocycles. The maximum Gasteiger partial charge on any atom is 0.331 e. The monoisotopic (exact) mass is 272 g/mol. The van der Waals surface area contributed by atoms with Gasteiger partial charge in [0.15, 0.2) is 0 Å². The van der Waals surface area contributed by atoms with Crippen LogP contribution in [0.25, 0.3) is 0 Å². The van der Waals surface area contributed by atoms with Crippen LogP contribution in [0.5, 0.6) is 0 Å². The molecule has 0 radical (unpaired) electrons. The minimum absolute atomic E-state index is 0.209. The van der Waals surface area contributed by atoms with Crippen LogP contribution in [0.1, 0.15) is 31.2 Å². The largest absolute Gasteiger partial charge is 0.331 e. The average molecular weight is 272 g/mol. The SMILES string of the molecule is O=C1NC(=O)C2(CCCC2)C(=O)N1Cc1ccccc1. The summed E-state index contributed by atoms with van der Waals surface area (Å²) in [6.45, 7) is 0.209. The number of carbonyl (C=O) groups is 3. The summed E-state index contributed by atoms with van der Waals surface area (Å²) in [6.07, 6.45) is 2.78. The van der Waals surface area contributed by atoms with E-state index in [2.05, 4.69) is 5.32 Å². The second-order valence-electron chi connectivity index (χ2n) is 5.43. The van der Waals surface area contributed by atoms with Gasteiger partial charge < -0.3 is 0 Å². The van der Waals surface area contributed by atoms with E-state index in [-0.39, 0.29) is 12.5 Å². The Labute approximate surface area is 116 Å². The van der Waals surface area contributed by atoms with Gasteiger partial charge in [-0.1, -0.05) is 43.2 Å². The van der Waals surface area contributed by atoms with Gasteiger partial charge in [0.1, 0.15) is 5.41 Å². The normalized spacial score (nSPS) is 21.4. The number of imide groups is 2. The first-order valence-electron chi connectivity index (χ1n) is 6.85. The van der Waals surface area contributed by atoms with Gasteiger partial charge in [-0.05, 0) is 18.4 Å². The Morgan fingerprint density at radius 2 is 1.70 bits per heavy atom. The molecule has 1 aliphatic carbocycles. The van der Waals surface area contributed by atoms with Crippen molar-refractivity contribution in [1.29, 1.82) is 0 Å². The Balaban J connectivity index is 1.88. The molecular formula is C15H16N2O3. The number of nitrogens with one attached hydrogen (secondary N) is 1. The van der Waals surface area contributed by atoms with Crippen molar-refractivity contribution >= 4 is 17.8 Å². The molecule has 5 heteroatoms. The molecule has 3 rings (SSSR count). The van der Waals surface area contributed by atoms with E-state index in [0.29, 0.717) is 12.8 Å². The second-order valence-corrected chi connectivity index (χ2v) is 5.43. The lowest BCUT2D eigenvalue weighted by Crippen LogP contribution is -2.62. The van der Waals surface area contributed by atoms with Gasteiger partial charge in [0.2, 0.25) is 11.8 Å². The number of hydrogen-bond acceptors (Lipinski definition) is 3. The van der Waals surface area contributed by atoms with Crippen LogP contribution in [-0.4, -0.2) is 22.7 Å². The molecule has 0 unspecified atom stereocenters. The third-order valence-electron chi connectivity index (χ3n) is 4.20. The Morgan fingerprint density at radius 1 is 1.05 bits per heavy atom. The van der Waals surface area contributed by atoms with Gasteiger partial charge in [-0.3, -0.25) is 19.8 Å². The van der Waals surface area contributed by atoms with Crippen molar-refractivity contribution in [2.75, 3.05) is 0 Å². The van der Waals surface area contributed by atoms with Crippen molar-refractivity contribution in [2.24, 2.45) is 5.41 Å². The topological polar surface area (TPSA) is 66.5 Å². The van der Waals surface area contributed by atoms with Crippen LogP contribution in [0.4, 0.5) is 4.79 Å². The summed E-state index contributed by atoms with van der Waals surface area (Å²) in [5.41, 5.74) is -0.138. The van der Waals surface area contributed by atoms with Crippen molar-refractivity contribution in [1.82, 2.24) is 10.2 Å². The van der Waals surface area contributed by atoms with E-state index in [1.54, 1.807) is 0 Å². The molecule has 1 N–H and O–H groups in total. The van der Waals surface area contributed by atoms with Crippen LogP contribution in [0.3, 0.4) is 0 Å². The molecule has 1 aromatic carbocycles. The average Bonchev–Trinajstić information content (AvgIpc) is 2.94. The van der Waals surface area contributed by atoms with E-state index in [1.165, 1.54) is 4.90 Å². The molecule has 1 heterocycles. The van der Waals surface area contributed by atoms with E-state index in [9.17, 15) is 14.4 Å². The first kappa shape index (κ1) is 12.8.